The number of urea groups is 1. The highest BCUT2D eigenvalue weighted by atomic mass is 16.2. The van der Waals surface area contributed by atoms with Crippen LogP contribution in [0.5, 0.6) is 0 Å². The summed E-state index contributed by atoms with van der Waals surface area (Å²) >= 11 is 0. The summed E-state index contributed by atoms with van der Waals surface area (Å²) in [7, 11) is 0. The van der Waals surface area contributed by atoms with Gasteiger partial charge in [-0.05, 0) is 31.2 Å². The van der Waals surface area contributed by atoms with E-state index in [1.165, 1.54) is 6.92 Å². The molecule has 2 fully saturated rings. The van der Waals surface area contributed by atoms with Crippen molar-refractivity contribution in [2.45, 2.75) is 19.4 Å². The van der Waals surface area contributed by atoms with Crippen molar-refractivity contribution in [1.82, 2.24) is 15.5 Å². The molecule has 132 valence electrons. The van der Waals surface area contributed by atoms with Gasteiger partial charge in [0.05, 0.1) is 6.42 Å². The van der Waals surface area contributed by atoms with Crippen molar-refractivity contribution in [2.24, 2.45) is 0 Å². The summed E-state index contributed by atoms with van der Waals surface area (Å²) in [5, 5.41) is 4.56. The van der Waals surface area contributed by atoms with Gasteiger partial charge in [0.25, 0.3) is 5.91 Å². The maximum Gasteiger partial charge on any atom is 0.322 e. The van der Waals surface area contributed by atoms with Crippen molar-refractivity contribution in [2.75, 3.05) is 31.1 Å². The van der Waals surface area contributed by atoms with Crippen LogP contribution in [0.4, 0.5) is 10.5 Å². The van der Waals surface area contributed by atoms with Gasteiger partial charge in [-0.1, -0.05) is 0 Å². The second-order valence-electron chi connectivity index (χ2n) is 6.19. The van der Waals surface area contributed by atoms with Gasteiger partial charge in [-0.2, -0.15) is 0 Å². The minimum absolute atomic E-state index is 0.0229. The number of carbonyl (C=O) groups excluding carboxylic acids is 4. The summed E-state index contributed by atoms with van der Waals surface area (Å²) in [4.78, 5) is 50.1. The third-order valence-electron chi connectivity index (χ3n) is 4.51. The van der Waals surface area contributed by atoms with E-state index in [2.05, 4.69) is 15.5 Å². The van der Waals surface area contributed by atoms with Crippen LogP contribution in [-0.4, -0.2) is 60.7 Å². The standard InChI is InChI=1S/C17H20N4O4/c1-11(22)12-2-4-13(5-3-12)20-6-8-21(9-7-20)15(23)10-14-16(24)19-17(25)18-14/h2-5,14H,6-10H2,1H3,(H2,18,19,24,25). The van der Waals surface area contributed by atoms with E-state index in [0.717, 1.165) is 5.69 Å². The number of imide groups is 1. The average molecular weight is 344 g/mol. The first-order valence-corrected chi connectivity index (χ1v) is 8.19. The molecule has 2 saturated heterocycles. The van der Waals surface area contributed by atoms with Crippen molar-refractivity contribution in [3.8, 4) is 0 Å². The first-order chi connectivity index (χ1) is 11.9. The Kier molecular flexibility index (Phi) is 4.69. The van der Waals surface area contributed by atoms with Crippen LogP contribution >= 0.6 is 0 Å². The monoisotopic (exact) mass is 344 g/mol. The molecule has 1 atom stereocenters. The maximum atomic E-state index is 12.3. The molecule has 4 amide bonds. The lowest BCUT2D eigenvalue weighted by atomic mass is 10.1. The molecule has 0 radical (unpaired) electrons. The van der Waals surface area contributed by atoms with Crippen LogP contribution in [0.3, 0.4) is 0 Å². The van der Waals surface area contributed by atoms with Crippen LogP contribution in [0.15, 0.2) is 24.3 Å². The highest BCUT2D eigenvalue weighted by Crippen LogP contribution is 2.18. The molecule has 8 heteroatoms. The average Bonchev–Trinajstić information content (AvgIpc) is 2.92. The van der Waals surface area contributed by atoms with Crippen molar-refractivity contribution >= 4 is 29.3 Å². The van der Waals surface area contributed by atoms with Gasteiger partial charge < -0.3 is 15.1 Å². The molecular weight excluding hydrogens is 324 g/mol. The van der Waals surface area contributed by atoms with E-state index in [1.807, 2.05) is 12.1 Å². The van der Waals surface area contributed by atoms with Crippen LogP contribution in [0.2, 0.25) is 0 Å². The Morgan fingerprint density at radius 2 is 1.72 bits per heavy atom. The first kappa shape index (κ1) is 16.9. The molecular formula is C17H20N4O4. The molecule has 2 N–H and O–H groups in total. The Morgan fingerprint density at radius 1 is 1.08 bits per heavy atom. The van der Waals surface area contributed by atoms with Gasteiger partial charge in [-0.3, -0.25) is 19.7 Å². The van der Waals surface area contributed by atoms with E-state index in [9.17, 15) is 19.2 Å². The molecule has 0 bridgehead atoms. The molecule has 8 nitrogen and oxygen atoms in total. The summed E-state index contributed by atoms with van der Waals surface area (Å²) in [6.07, 6.45) is -0.0229. The zero-order valence-electron chi connectivity index (χ0n) is 13.9. The Hall–Kier alpha value is -2.90. The van der Waals surface area contributed by atoms with Gasteiger partial charge in [0.2, 0.25) is 5.91 Å². The third-order valence-corrected chi connectivity index (χ3v) is 4.51. The van der Waals surface area contributed by atoms with Crippen molar-refractivity contribution < 1.29 is 19.2 Å². The normalized spacial score (nSPS) is 20.3. The van der Waals surface area contributed by atoms with Crippen LogP contribution in [0.25, 0.3) is 0 Å². The lowest BCUT2D eigenvalue weighted by Crippen LogP contribution is -2.50. The second kappa shape index (κ2) is 6.92. The molecule has 0 saturated carbocycles. The van der Waals surface area contributed by atoms with Gasteiger partial charge in [0, 0.05) is 37.4 Å². The van der Waals surface area contributed by atoms with E-state index in [0.29, 0.717) is 31.7 Å². The molecule has 0 spiro atoms. The molecule has 3 rings (SSSR count). The summed E-state index contributed by atoms with van der Waals surface area (Å²) < 4.78 is 0. The topological polar surface area (TPSA) is 98.8 Å². The number of rotatable bonds is 4. The minimum atomic E-state index is -0.780. The number of nitrogens with zero attached hydrogens (tertiary/aromatic N) is 2. The Bertz CT molecular complexity index is 708. The van der Waals surface area contributed by atoms with Crippen LogP contribution in [0, 0.1) is 0 Å². The number of ketones is 1. The Labute approximate surface area is 145 Å². The number of hydrogen-bond donors (Lipinski definition) is 2. The number of anilines is 1. The first-order valence-electron chi connectivity index (χ1n) is 8.19. The largest absolute Gasteiger partial charge is 0.368 e. The number of piperazine rings is 1. The second-order valence-corrected chi connectivity index (χ2v) is 6.19. The number of carbonyl (C=O) groups is 4. The van der Waals surface area contributed by atoms with Gasteiger partial charge in [-0.25, -0.2) is 4.79 Å². The van der Waals surface area contributed by atoms with Crippen LogP contribution < -0.4 is 15.5 Å². The number of hydrogen-bond acceptors (Lipinski definition) is 5. The number of amides is 4. The molecule has 1 aromatic carbocycles. The highest BCUT2D eigenvalue weighted by molar-refractivity contribution is 6.05. The molecule has 2 heterocycles. The Balaban J connectivity index is 1.52. The smallest absolute Gasteiger partial charge is 0.322 e. The lowest BCUT2D eigenvalue weighted by Gasteiger charge is -2.36. The van der Waals surface area contributed by atoms with Crippen LogP contribution in [0.1, 0.15) is 23.7 Å². The summed E-state index contributed by atoms with van der Waals surface area (Å²) in [5.74, 6) is -0.568. The van der Waals surface area contributed by atoms with E-state index >= 15 is 0 Å². The van der Waals surface area contributed by atoms with Crippen molar-refractivity contribution in [1.29, 1.82) is 0 Å². The summed E-state index contributed by atoms with van der Waals surface area (Å²) in [5.41, 5.74) is 1.69. The van der Waals surface area contributed by atoms with E-state index in [4.69, 9.17) is 0 Å². The predicted molar refractivity (Wildman–Crippen MR) is 90.3 cm³/mol. The quantitative estimate of drug-likeness (QED) is 0.598. The molecule has 0 aromatic heterocycles. The zero-order chi connectivity index (χ0) is 18.0. The van der Waals surface area contributed by atoms with Crippen molar-refractivity contribution in [3.05, 3.63) is 29.8 Å². The molecule has 1 aromatic rings. The summed E-state index contributed by atoms with van der Waals surface area (Å²) in [6, 6.07) is 6.09. The van der Waals surface area contributed by atoms with E-state index < -0.39 is 18.0 Å². The SMILES string of the molecule is CC(=O)c1ccc(N2CCN(C(=O)CC3NC(=O)NC3=O)CC2)cc1. The van der Waals surface area contributed by atoms with Gasteiger partial charge >= 0.3 is 6.03 Å². The van der Waals surface area contributed by atoms with E-state index in [-0.39, 0.29) is 18.1 Å². The van der Waals surface area contributed by atoms with E-state index in [1.54, 1.807) is 17.0 Å². The molecule has 2 aliphatic rings. The summed E-state index contributed by atoms with van der Waals surface area (Å²) in [6.45, 7) is 3.99. The maximum absolute atomic E-state index is 12.3. The number of nitrogens with one attached hydrogen (secondary N) is 2. The highest BCUT2D eigenvalue weighted by Gasteiger charge is 2.33. The van der Waals surface area contributed by atoms with Crippen LogP contribution in [-0.2, 0) is 9.59 Å². The Morgan fingerprint density at radius 3 is 2.24 bits per heavy atom. The fourth-order valence-electron chi connectivity index (χ4n) is 3.03. The fraction of sp³-hybridized carbons (Fsp3) is 0.412. The fourth-order valence-corrected chi connectivity index (χ4v) is 3.03. The predicted octanol–water partition coefficient (Wildman–Crippen LogP) is 0.136. The lowest BCUT2D eigenvalue weighted by molar-refractivity contribution is -0.134. The van der Waals surface area contributed by atoms with Gasteiger partial charge in [0.1, 0.15) is 6.04 Å². The number of benzene rings is 1. The van der Waals surface area contributed by atoms with Gasteiger partial charge in [-0.15, -0.1) is 0 Å². The minimum Gasteiger partial charge on any atom is -0.368 e. The van der Waals surface area contributed by atoms with Gasteiger partial charge in [0.15, 0.2) is 5.78 Å². The molecule has 2 aliphatic heterocycles. The molecule has 1 unspecified atom stereocenters. The molecule has 25 heavy (non-hydrogen) atoms. The third kappa shape index (κ3) is 3.78. The zero-order valence-corrected chi connectivity index (χ0v) is 13.9. The molecule has 0 aliphatic carbocycles. The van der Waals surface area contributed by atoms with Crippen molar-refractivity contribution in [3.63, 3.8) is 0 Å². The number of Topliss-reactive ketones (excluding diaryl/α,β-unsaturated/α-hetero) is 1.